The van der Waals surface area contributed by atoms with Gasteiger partial charge in [0, 0.05) is 18.2 Å². The van der Waals surface area contributed by atoms with E-state index in [1.807, 2.05) is 0 Å². The normalized spacial score (nSPS) is 10.4. The van der Waals surface area contributed by atoms with Crippen LogP contribution in [0.25, 0.3) is 0 Å². The molecule has 2 rings (SSSR count). The topological polar surface area (TPSA) is 81.5 Å². The van der Waals surface area contributed by atoms with Crippen LogP contribution >= 0.6 is 0 Å². The number of rotatable bonds is 8. The summed E-state index contributed by atoms with van der Waals surface area (Å²) < 4.78 is 31.9. The number of carbonyl (C=O) groups excluding carboxylic acids is 1. The molecule has 8 heteroatoms. The highest BCUT2D eigenvalue weighted by Gasteiger charge is 2.19. The molecule has 1 N–H and O–H groups in total. The van der Waals surface area contributed by atoms with Gasteiger partial charge in [-0.2, -0.15) is 0 Å². The summed E-state index contributed by atoms with van der Waals surface area (Å²) in [6, 6.07) is 7.69. The number of nitrogens with zero attached hydrogens (tertiary/aromatic N) is 1. The summed E-state index contributed by atoms with van der Waals surface area (Å²) >= 11 is 0. The third-order valence-electron chi connectivity index (χ3n) is 3.71. The van der Waals surface area contributed by atoms with E-state index in [2.05, 4.69) is 5.32 Å². The van der Waals surface area contributed by atoms with Gasteiger partial charge in [-0.05, 0) is 50.1 Å². The summed E-state index contributed by atoms with van der Waals surface area (Å²) in [5.41, 5.74) is -0.630. The van der Waals surface area contributed by atoms with Gasteiger partial charge in [-0.25, -0.2) is 8.78 Å². The number of nitro groups is 1. The molecule has 1 amide bonds. The Kier molecular flexibility index (Phi) is 6.60. The van der Waals surface area contributed by atoms with Crippen LogP contribution in [0.1, 0.15) is 28.8 Å². The van der Waals surface area contributed by atoms with Gasteiger partial charge in [0.05, 0.1) is 17.1 Å². The molecule has 0 saturated carbocycles. The van der Waals surface area contributed by atoms with Crippen molar-refractivity contribution in [3.8, 4) is 5.75 Å². The number of hydrogen-bond donors (Lipinski definition) is 1. The Labute approximate surface area is 148 Å². The zero-order chi connectivity index (χ0) is 19.1. The van der Waals surface area contributed by atoms with E-state index < -0.39 is 22.3 Å². The number of nitro benzene ring substituents is 1. The van der Waals surface area contributed by atoms with Crippen LogP contribution < -0.4 is 10.1 Å². The second-order valence-electron chi connectivity index (χ2n) is 5.62. The Morgan fingerprint density at radius 1 is 1.19 bits per heavy atom. The summed E-state index contributed by atoms with van der Waals surface area (Å²) in [5, 5.41) is 13.5. The molecule has 0 heterocycles. The maximum absolute atomic E-state index is 13.7. The van der Waals surface area contributed by atoms with E-state index in [0.29, 0.717) is 31.7 Å². The Hall–Kier alpha value is -3.03. The third-order valence-corrected chi connectivity index (χ3v) is 3.71. The Morgan fingerprint density at radius 2 is 1.88 bits per heavy atom. The highest BCUT2D eigenvalue weighted by Crippen LogP contribution is 2.22. The van der Waals surface area contributed by atoms with Gasteiger partial charge in [-0.15, -0.1) is 0 Å². The molecule has 0 radical (unpaired) electrons. The molecule has 0 bridgehead atoms. The number of unbranched alkanes of at least 4 members (excludes halogenated alkanes) is 1. The summed E-state index contributed by atoms with van der Waals surface area (Å²) in [4.78, 5) is 22.2. The fraction of sp³-hybridized carbons (Fsp3) is 0.278. The number of amides is 1. The first-order valence-electron chi connectivity index (χ1n) is 7.99. The summed E-state index contributed by atoms with van der Waals surface area (Å²) in [6.07, 6.45) is 1.24. The van der Waals surface area contributed by atoms with Crippen LogP contribution in [0, 0.1) is 28.7 Å². The molecule has 0 spiro atoms. The van der Waals surface area contributed by atoms with E-state index in [4.69, 9.17) is 4.74 Å². The van der Waals surface area contributed by atoms with Crippen LogP contribution in [-0.2, 0) is 0 Å². The van der Waals surface area contributed by atoms with Gasteiger partial charge >= 0.3 is 0 Å². The number of carbonyl (C=O) groups is 1. The van der Waals surface area contributed by atoms with Crippen molar-refractivity contribution in [2.45, 2.75) is 19.8 Å². The molecule has 6 nitrogen and oxygen atoms in total. The summed E-state index contributed by atoms with van der Waals surface area (Å²) in [7, 11) is 0. The second-order valence-corrected chi connectivity index (χ2v) is 5.62. The molecular weight excluding hydrogens is 346 g/mol. The number of benzene rings is 2. The molecule has 138 valence electrons. The lowest BCUT2D eigenvalue weighted by Gasteiger charge is -2.08. The molecule has 0 saturated heterocycles. The maximum atomic E-state index is 13.7. The summed E-state index contributed by atoms with van der Waals surface area (Å²) in [6.45, 7) is 2.00. The first-order valence-corrected chi connectivity index (χ1v) is 7.99. The van der Waals surface area contributed by atoms with Crippen molar-refractivity contribution in [1.82, 2.24) is 5.32 Å². The van der Waals surface area contributed by atoms with Crippen LogP contribution in [0.15, 0.2) is 36.4 Å². The van der Waals surface area contributed by atoms with Gasteiger partial charge in [-0.1, -0.05) is 0 Å². The highest BCUT2D eigenvalue weighted by atomic mass is 19.1. The molecular formula is C18H18F2N2O4. The molecule has 2 aromatic rings. The smallest absolute Gasteiger partial charge is 0.276 e. The third kappa shape index (κ3) is 5.23. The minimum atomic E-state index is -0.794. The second kappa shape index (κ2) is 8.89. The molecule has 26 heavy (non-hydrogen) atoms. The molecule has 0 fully saturated rings. The van der Waals surface area contributed by atoms with Crippen LogP contribution in [0.3, 0.4) is 0 Å². The molecule has 0 atom stereocenters. The lowest BCUT2D eigenvalue weighted by Crippen LogP contribution is -2.25. The van der Waals surface area contributed by atoms with Crippen LogP contribution in [0.4, 0.5) is 14.5 Å². The van der Waals surface area contributed by atoms with Gasteiger partial charge in [0.2, 0.25) is 0 Å². The molecule has 0 aliphatic rings. The van der Waals surface area contributed by atoms with E-state index in [1.54, 1.807) is 0 Å². The van der Waals surface area contributed by atoms with E-state index in [0.717, 1.165) is 12.1 Å². The standard InChI is InChI=1S/C18H18F2N2O4/c1-12-16(20)10-13(11-17(12)22(24)25)18(23)21-8-2-3-9-26-15-6-4-14(19)5-7-15/h4-7,10-11H,2-3,8-9H2,1H3,(H,21,23). The lowest BCUT2D eigenvalue weighted by atomic mass is 10.1. The predicted molar refractivity (Wildman–Crippen MR) is 91.3 cm³/mol. The van der Waals surface area contributed by atoms with Gasteiger partial charge < -0.3 is 10.1 Å². The van der Waals surface area contributed by atoms with Crippen LogP contribution in [-0.4, -0.2) is 24.0 Å². The van der Waals surface area contributed by atoms with Crippen LogP contribution in [0.2, 0.25) is 0 Å². The van der Waals surface area contributed by atoms with E-state index in [-0.39, 0.29) is 16.9 Å². The molecule has 0 aromatic heterocycles. The highest BCUT2D eigenvalue weighted by molar-refractivity contribution is 5.95. The average Bonchev–Trinajstić information content (AvgIpc) is 2.61. The average molecular weight is 364 g/mol. The Bertz CT molecular complexity index is 795. The Morgan fingerprint density at radius 3 is 2.54 bits per heavy atom. The number of halogens is 2. The molecule has 0 aliphatic carbocycles. The number of hydrogen-bond acceptors (Lipinski definition) is 4. The van der Waals surface area contributed by atoms with Crippen molar-refractivity contribution >= 4 is 11.6 Å². The van der Waals surface area contributed by atoms with Crippen LogP contribution in [0.5, 0.6) is 5.75 Å². The maximum Gasteiger partial charge on any atom is 0.276 e. The van der Waals surface area contributed by atoms with E-state index in [9.17, 15) is 23.7 Å². The zero-order valence-electron chi connectivity index (χ0n) is 14.1. The van der Waals surface area contributed by atoms with E-state index in [1.165, 1.54) is 31.2 Å². The SMILES string of the molecule is Cc1c(F)cc(C(=O)NCCCCOc2ccc(F)cc2)cc1[N+](=O)[O-]. The van der Waals surface area contributed by atoms with Crippen molar-refractivity contribution < 1.29 is 23.2 Å². The van der Waals surface area contributed by atoms with Gasteiger partial charge in [0.15, 0.2) is 0 Å². The number of ether oxygens (including phenoxy) is 1. The molecule has 2 aromatic carbocycles. The first-order chi connectivity index (χ1) is 12.4. The largest absolute Gasteiger partial charge is 0.494 e. The van der Waals surface area contributed by atoms with Crippen molar-refractivity contribution in [1.29, 1.82) is 0 Å². The van der Waals surface area contributed by atoms with Crippen molar-refractivity contribution in [2.24, 2.45) is 0 Å². The monoisotopic (exact) mass is 364 g/mol. The minimum Gasteiger partial charge on any atom is -0.494 e. The number of nitrogens with one attached hydrogen (secondary N) is 1. The zero-order valence-corrected chi connectivity index (χ0v) is 14.1. The predicted octanol–water partition coefficient (Wildman–Crippen LogP) is 3.77. The minimum absolute atomic E-state index is 0.0950. The fourth-order valence-electron chi connectivity index (χ4n) is 2.24. The van der Waals surface area contributed by atoms with Gasteiger partial charge in [-0.3, -0.25) is 14.9 Å². The Balaban J connectivity index is 1.76. The summed E-state index contributed by atoms with van der Waals surface area (Å²) in [5.74, 6) is -1.16. The van der Waals surface area contributed by atoms with Gasteiger partial charge in [0.1, 0.15) is 17.4 Å². The first kappa shape index (κ1) is 19.3. The van der Waals surface area contributed by atoms with E-state index >= 15 is 0 Å². The van der Waals surface area contributed by atoms with Crippen molar-refractivity contribution in [2.75, 3.05) is 13.2 Å². The van der Waals surface area contributed by atoms with Crippen molar-refractivity contribution in [3.63, 3.8) is 0 Å². The van der Waals surface area contributed by atoms with Gasteiger partial charge in [0.25, 0.3) is 11.6 Å². The lowest BCUT2D eigenvalue weighted by molar-refractivity contribution is -0.385. The quantitative estimate of drug-likeness (QED) is 0.439. The molecule has 0 aliphatic heterocycles. The molecule has 0 unspecified atom stereocenters. The fourth-order valence-corrected chi connectivity index (χ4v) is 2.24. The van der Waals surface area contributed by atoms with Crippen molar-refractivity contribution in [3.05, 3.63) is 69.3 Å².